The maximum atomic E-state index is 14.7. The molecule has 0 unspecified atom stereocenters. The highest BCUT2D eigenvalue weighted by Gasteiger charge is 2.16. The number of benzene rings is 1. The summed E-state index contributed by atoms with van der Waals surface area (Å²) in [4.78, 5) is 13.3. The van der Waals surface area contributed by atoms with Crippen LogP contribution in [0.1, 0.15) is 51.9 Å². The zero-order valence-electron chi connectivity index (χ0n) is 18.9. The molecule has 0 saturated heterocycles. The van der Waals surface area contributed by atoms with Gasteiger partial charge in [0.1, 0.15) is 5.75 Å². The Balaban J connectivity index is 1.48. The van der Waals surface area contributed by atoms with Gasteiger partial charge < -0.3 is 14.8 Å². The molecule has 0 radical (unpaired) electrons. The number of pyridine rings is 1. The maximum Gasteiger partial charge on any atom is 0.223 e. The SMILES string of the molecule is CCCCSNc1ccc(Oc2ccncc2-c2ccnc(NC3CCCCC3)n2)c(F)c1. The molecule has 1 aromatic carbocycles. The number of rotatable bonds is 10. The van der Waals surface area contributed by atoms with E-state index < -0.39 is 5.82 Å². The van der Waals surface area contributed by atoms with Gasteiger partial charge in [-0.25, -0.2) is 14.4 Å². The van der Waals surface area contributed by atoms with Gasteiger partial charge in [-0.3, -0.25) is 4.98 Å². The lowest BCUT2D eigenvalue weighted by Crippen LogP contribution is -2.23. The molecule has 0 bridgehead atoms. The molecule has 33 heavy (non-hydrogen) atoms. The summed E-state index contributed by atoms with van der Waals surface area (Å²) in [6.45, 7) is 2.15. The van der Waals surface area contributed by atoms with Gasteiger partial charge >= 0.3 is 0 Å². The molecule has 1 saturated carbocycles. The molecule has 0 aliphatic heterocycles. The van der Waals surface area contributed by atoms with Crippen LogP contribution in [0.4, 0.5) is 16.0 Å². The average Bonchev–Trinajstić information content (AvgIpc) is 2.85. The molecule has 6 nitrogen and oxygen atoms in total. The standard InChI is InChI=1S/C25H30FN5OS/c1-2-3-15-33-31-19-9-10-24(21(26)16-19)32-23-12-13-27-17-20(23)22-11-14-28-25(30-22)29-18-7-5-4-6-8-18/h9-14,16-18,31H,2-8,15H2,1H3,(H,28,29,30). The van der Waals surface area contributed by atoms with Crippen molar-refractivity contribution in [2.75, 3.05) is 15.8 Å². The Labute approximate surface area is 198 Å². The van der Waals surface area contributed by atoms with Gasteiger partial charge in [-0.05, 0) is 43.5 Å². The van der Waals surface area contributed by atoms with Gasteiger partial charge in [-0.15, -0.1) is 0 Å². The van der Waals surface area contributed by atoms with E-state index in [4.69, 9.17) is 4.74 Å². The zero-order chi connectivity index (χ0) is 22.9. The van der Waals surface area contributed by atoms with E-state index in [-0.39, 0.29) is 5.75 Å². The Hall–Kier alpha value is -2.87. The number of nitrogens with zero attached hydrogens (tertiary/aromatic N) is 3. The fourth-order valence-electron chi connectivity index (χ4n) is 3.79. The van der Waals surface area contributed by atoms with Crippen molar-refractivity contribution in [3.8, 4) is 22.8 Å². The quantitative estimate of drug-likeness (QED) is 0.244. The molecule has 1 fully saturated rings. The summed E-state index contributed by atoms with van der Waals surface area (Å²) >= 11 is 1.58. The third kappa shape index (κ3) is 6.57. The predicted octanol–water partition coefficient (Wildman–Crippen LogP) is 7.07. The molecule has 2 aromatic heterocycles. The Morgan fingerprint density at radius 2 is 1.97 bits per heavy atom. The van der Waals surface area contributed by atoms with Gasteiger partial charge in [0, 0.05) is 42.1 Å². The lowest BCUT2D eigenvalue weighted by molar-refractivity contribution is 0.443. The second-order valence-corrected chi connectivity index (χ2v) is 9.07. The van der Waals surface area contributed by atoms with Crippen molar-refractivity contribution >= 4 is 23.6 Å². The van der Waals surface area contributed by atoms with Gasteiger partial charge in [-0.2, -0.15) is 0 Å². The molecule has 1 aliphatic carbocycles. The first kappa shape index (κ1) is 23.3. The first-order chi connectivity index (χ1) is 16.2. The summed E-state index contributed by atoms with van der Waals surface area (Å²) in [5.74, 6) is 1.79. The maximum absolute atomic E-state index is 14.7. The van der Waals surface area contributed by atoms with Crippen molar-refractivity contribution in [1.82, 2.24) is 15.0 Å². The van der Waals surface area contributed by atoms with Crippen LogP contribution in [0.2, 0.25) is 0 Å². The van der Waals surface area contributed by atoms with Crippen molar-refractivity contribution < 1.29 is 9.13 Å². The second-order valence-electron chi connectivity index (χ2n) is 8.17. The highest BCUT2D eigenvalue weighted by molar-refractivity contribution is 8.00. The number of halogens is 1. The molecule has 0 spiro atoms. The third-order valence-electron chi connectivity index (χ3n) is 5.59. The number of anilines is 2. The molecule has 174 valence electrons. The Morgan fingerprint density at radius 3 is 2.79 bits per heavy atom. The highest BCUT2D eigenvalue weighted by Crippen LogP contribution is 2.34. The van der Waals surface area contributed by atoms with E-state index in [1.54, 1.807) is 42.7 Å². The number of aromatic nitrogens is 3. The van der Waals surface area contributed by atoms with Crippen LogP contribution in [0.25, 0.3) is 11.3 Å². The molecule has 1 aliphatic rings. The van der Waals surface area contributed by atoms with Crippen LogP contribution in [0.15, 0.2) is 48.9 Å². The molecule has 0 atom stereocenters. The van der Waals surface area contributed by atoms with Crippen LogP contribution in [-0.2, 0) is 0 Å². The fourth-order valence-corrected chi connectivity index (χ4v) is 4.62. The molecular weight excluding hydrogens is 437 g/mol. The first-order valence-electron chi connectivity index (χ1n) is 11.6. The number of unbranched alkanes of at least 4 members (excludes halogenated alkanes) is 1. The van der Waals surface area contributed by atoms with Gasteiger partial charge in [0.15, 0.2) is 11.6 Å². The Kier molecular flexibility index (Phi) is 8.35. The topological polar surface area (TPSA) is 72.0 Å². The lowest BCUT2D eigenvalue weighted by Gasteiger charge is -2.22. The van der Waals surface area contributed by atoms with E-state index >= 15 is 0 Å². The summed E-state index contributed by atoms with van der Waals surface area (Å²) in [6, 6.07) is 8.84. The van der Waals surface area contributed by atoms with Crippen LogP contribution in [0.3, 0.4) is 0 Å². The van der Waals surface area contributed by atoms with Gasteiger partial charge in [-0.1, -0.05) is 44.6 Å². The molecule has 8 heteroatoms. The van der Waals surface area contributed by atoms with Crippen molar-refractivity contribution in [2.24, 2.45) is 0 Å². The monoisotopic (exact) mass is 467 g/mol. The number of ether oxygens (including phenoxy) is 1. The van der Waals surface area contributed by atoms with Crippen molar-refractivity contribution in [2.45, 2.75) is 57.9 Å². The lowest BCUT2D eigenvalue weighted by atomic mass is 9.96. The molecule has 4 rings (SSSR count). The summed E-state index contributed by atoms with van der Waals surface area (Å²) < 4.78 is 23.9. The summed E-state index contributed by atoms with van der Waals surface area (Å²) in [6.07, 6.45) is 13.3. The largest absolute Gasteiger partial charge is 0.453 e. The summed E-state index contributed by atoms with van der Waals surface area (Å²) in [5, 5.41) is 3.45. The van der Waals surface area contributed by atoms with E-state index in [1.807, 2.05) is 12.1 Å². The van der Waals surface area contributed by atoms with Gasteiger partial charge in [0.2, 0.25) is 5.95 Å². The third-order valence-corrected chi connectivity index (χ3v) is 6.47. The van der Waals surface area contributed by atoms with Crippen molar-refractivity contribution in [1.29, 1.82) is 0 Å². The summed E-state index contributed by atoms with van der Waals surface area (Å²) in [5.41, 5.74) is 2.07. The second kappa shape index (κ2) is 11.8. The minimum absolute atomic E-state index is 0.154. The van der Waals surface area contributed by atoms with Crippen LogP contribution < -0.4 is 14.8 Å². The molecular formula is C25H30FN5OS. The van der Waals surface area contributed by atoms with Crippen LogP contribution in [0.5, 0.6) is 11.5 Å². The first-order valence-corrected chi connectivity index (χ1v) is 12.6. The molecule has 0 amide bonds. The number of nitrogens with one attached hydrogen (secondary N) is 2. The van der Waals surface area contributed by atoms with E-state index in [1.165, 1.54) is 25.3 Å². The average molecular weight is 468 g/mol. The van der Waals surface area contributed by atoms with Crippen molar-refractivity contribution in [3.63, 3.8) is 0 Å². The smallest absolute Gasteiger partial charge is 0.223 e. The van der Waals surface area contributed by atoms with Crippen LogP contribution in [-0.4, -0.2) is 26.7 Å². The minimum atomic E-state index is -0.429. The Morgan fingerprint density at radius 1 is 1.09 bits per heavy atom. The van der Waals surface area contributed by atoms with Gasteiger partial charge in [0.05, 0.1) is 11.3 Å². The van der Waals surface area contributed by atoms with Gasteiger partial charge in [0.25, 0.3) is 0 Å². The predicted molar refractivity (Wildman–Crippen MR) is 133 cm³/mol. The molecule has 3 aromatic rings. The van der Waals surface area contributed by atoms with E-state index in [2.05, 4.69) is 31.9 Å². The normalized spacial score (nSPS) is 14.1. The highest BCUT2D eigenvalue weighted by atomic mass is 32.2. The van der Waals surface area contributed by atoms with Crippen LogP contribution >= 0.6 is 11.9 Å². The Bertz CT molecular complexity index is 1040. The van der Waals surface area contributed by atoms with Crippen LogP contribution in [0, 0.1) is 5.82 Å². The summed E-state index contributed by atoms with van der Waals surface area (Å²) in [7, 11) is 0. The fraction of sp³-hybridized carbons (Fsp3) is 0.400. The van der Waals surface area contributed by atoms with E-state index in [0.717, 1.165) is 31.4 Å². The number of hydrogen-bond donors (Lipinski definition) is 2. The van der Waals surface area contributed by atoms with E-state index in [0.29, 0.717) is 34.7 Å². The zero-order valence-corrected chi connectivity index (χ0v) is 19.7. The van der Waals surface area contributed by atoms with Crippen molar-refractivity contribution in [3.05, 3.63) is 54.7 Å². The molecule has 2 heterocycles. The number of hydrogen-bond acceptors (Lipinski definition) is 7. The minimum Gasteiger partial charge on any atom is -0.453 e. The van der Waals surface area contributed by atoms with E-state index in [9.17, 15) is 4.39 Å². The molecule has 2 N–H and O–H groups in total.